The fourth-order valence-corrected chi connectivity index (χ4v) is 2.82. The van der Waals surface area contributed by atoms with Gasteiger partial charge in [0.1, 0.15) is 0 Å². The van der Waals surface area contributed by atoms with Gasteiger partial charge in [-0.1, -0.05) is 0 Å². The molecule has 2 rings (SSSR count). The number of aliphatic hydroxyl groups excluding tert-OH is 1. The largest absolute Gasteiger partial charge is 0.392 e. The summed E-state index contributed by atoms with van der Waals surface area (Å²) in [7, 11) is 0. The predicted octanol–water partition coefficient (Wildman–Crippen LogP) is 0.739. The minimum Gasteiger partial charge on any atom is -0.392 e. The molecule has 2 N–H and O–H groups in total. The van der Waals surface area contributed by atoms with Crippen LogP contribution in [-0.4, -0.2) is 41.7 Å². The summed E-state index contributed by atoms with van der Waals surface area (Å²) in [5.74, 6) is 0.0342. The van der Waals surface area contributed by atoms with Crippen molar-refractivity contribution in [3.8, 4) is 0 Å². The molecule has 94 valence electrons. The minimum absolute atomic E-state index is 0.0342. The maximum Gasteiger partial charge on any atom is 0.234 e. The molecule has 1 aromatic heterocycles. The molecule has 0 radical (unpaired) electrons. The number of hydrogen-bond acceptors (Lipinski definition) is 4. The van der Waals surface area contributed by atoms with Crippen LogP contribution in [0.1, 0.15) is 16.9 Å². The van der Waals surface area contributed by atoms with Gasteiger partial charge in [0.15, 0.2) is 0 Å². The number of amides is 1. The Hall–Kier alpha value is -0.910. The smallest absolute Gasteiger partial charge is 0.234 e. The van der Waals surface area contributed by atoms with E-state index < -0.39 is 0 Å². The Morgan fingerprint density at radius 3 is 3.12 bits per heavy atom. The van der Waals surface area contributed by atoms with E-state index in [9.17, 15) is 9.90 Å². The van der Waals surface area contributed by atoms with Crippen molar-refractivity contribution < 1.29 is 9.90 Å². The van der Waals surface area contributed by atoms with E-state index in [4.69, 9.17) is 0 Å². The number of nitrogens with zero attached hydrogens (tertiary/aromatic N) is 1. The molecule has 0 aliphatic carbocycles. The van der Waals surface area contributed by atoms with E-state index in [2.05, 4.69) is 18.3 Å². The molecular weight excluding hydrogens is 236 g/mol. The molecule has 5 heteroatoms. The van der Waals surface area contributed by atoms with Crippen LogP contribution in [0.25, 0.3) is 0 Å². The fourth-order valence-electron chi connectivity index (χ4n) is 1.98. The van der Waals surface area contributed by atoms with Crippen LogP contribution in [0.3, 0.4) is 0 Å². The Kier molecular flexibility index (Phi) is 4.15. The van der Waals surface area contributed by atoms with E-state index in [0.717, 1.165) is 13.0 Å². The molecule has 1 aliphatic heterocycles. The maximum absolute atomic E-state index is 11.7. The summed E-state index contributed by atoms with van der Waals surface area (Å²) in [5, 5.41) is 14.3. The molecule has 1 saturated heterocycles. The van der Waals surface area contributed by atoms with E-state index in [-0.39, 0.29) is 12.0 Å². The highest BCUT2D eigenvalue weighted by atomic mass is 32.1. The van der Waals surface area contributed by atoms with Crippen LogP contribution < -0.4 is 5.32 Å². The molecule has 0 saturated carbocycles. The Morgan fingerprint density at radius 1 is 1.71 bits per heavy atom. The van der Waals surface area contributed by atoms with E-state index in [1.807, 2.05) is 10.3 Å². The van der Waals surface area contributed by atoms with Gasteiger partial charge in [0.25, 0.3) is 0 Å². The summed E-state index contributed by atoms with van der Waals surface area (Å²) in [6.07, 6.45) is 0.513. The van der Waals surface area contributed by atoms with Gasteiger partial charge in [0.2, 0.25) is 5.91 Å². The Labute approximate surface area is 105 Å². The lowest BCUT2D eigenvalue weighted by Crippen LogP contribution is -2.36. The van der Waals surface area contributed by atoms with Crippen LogP contribution >= 0.6 is 11.3 Å². The van der Waals surface area contributed by atoms with Crippen LogP contribution in [0.4, 0.5) is 0 Å². The molecule has 0 spiro atoms. The molecule has 1 aromatic rings. The van der Waals surface area contributed by atoms with Crippen LogP contribution in [0.5, 0.6) is 0 Å². The topological polar surface area (TPSA) is 52.6 Å². The number of rotatable bonds is 4. The van der Waals surface area contributed by atoms with Crippen molar-refractivity contribution in [2.75, 3.05) is 19.6 Å². The number of hydrogen-bond donors (Lipinski definition) is 2. The first-order chi connectivity index (χ1) is 8.15. The second-order valence-electron chi connectivity index (χ2n) is 4.48. The molecule has 4 nitrogen and oxygen atoms in total. The fraction of sp³-hybridized carbons (Fsp3) is 0.583. The van der Waals surface area contributed by atoms with Gasteiger partial charge in [-0.2, -0.15) is 0 Å². The average Bonchev–Trinajstić information content (AvgIpc) is 2.85. The van der Waals surface area contributed by atoms with Gasteiger partial charge in [0.05, 0.1) is 19.2 Å². The zero-order chi connectivity index (χ0) is 12.3. The first kappa shape index (κ1) is 12.5. The molecule has 2 heterocycles. The third kappa shape index (κ3) is 3.52. The van der Waals surface area contributed by atoms with Crippen molar-refractivity contribution >= 4 is 17.2 Å². The number of aryl methyl sites for hydroxylation is 1. The summed E-state index contributed by atoms with van der Waals surface area (Å²) >= 11 is 1.67. The van der Waals surface area contributed by atoms with Gasteiger partial charge in [-0.3, -0.25) is 9.69 Å². The number of aliphatic hydroxyl groups is 1. The molecule has 0 bridgehead atoms. The molecule has 0 unspecified atom stereocenters. The number of nitrogens with one attached hydrogen (secondary N) is 1. The molecule has 0 aromatic carbocycles. The molecule has 1 fully saturated rings. The van der Waals surface area contributed by atoms with Gasteiger partial charge < -0.3 is 10.4 Å². The number of carbonyl (C=O) groups excluding carboxylic acids is 1. The van der Waals surface area contributed by atoms with Crippen molar-refractivity contribution in [1.29, 1.82) is 0 Å². The van der Waals surface area contributed by atoms with E-state index in [1.165, 1.54) is 10.4 Å². The third-order valence-corrected chi connectivity index (χ3v) is 4.05. The Balaban J connectivity index is 1.73. The lowest BCUT2D eigenvalue weighted by Gasteiger charge is -2.14. The second-order valence-corrected chi connectivity index (χ2v) is 5.48. The van der Waals surface area contributed by atoms with Crippen LogP contribution in [-0.2, 0) is 11.3 Å². The normalized spacial score (nSPS) is 20.7. The summed E-state index contributed by atoms with van der Waals surface area (Å²) in [4.78, 5) is 14.9. The summed E-state index contributed by atoms with van der Waals surface area (Å²) < 4.78 is 0. The van der Waals surface area contributed by atoms with Gasteiger partial charge in [-0.05, 0) is 30.4 Å². The van der Waals surface area contributed by atoms with Crippen LogP contribution in [0.15, 0.2) is 11.4 Å². The standard InChI is InChI=1S/C12H18N2O2S/c1-9-3-5-17-11(9)6-13-12(16)8-14-4-2-10(15)7-14/h3,5,10,15H,2,4,6-8H2,1H3,(H,13,16)/t10-/m1/s1. The number of thiophene rings is 1. The zero-order valence-electron chi connectivity index (χ0n) is 9.98. The van der Waals surface area contributed by atoms with Crippen LogP contribution in [0, 0.1) is 6.92 Å². The van der Waals surface area contributed by atoms with Crippen molar-refractivity contribution in [3.05, 3.63) is 21.9 Å². The SMILES string of the molecule is Cc1ccsc1CNC(=O)CN1CC[C@@H](O)C1. The molecule has 1 amide bonds. The van der Waals surface area contributed by atoms with Crippen molar-refractivity contribution in [2.45, 2.75) is 26.0 Å². The number of carbonyl (C=O) groups is 1. The monoisotopic (exact) mass is 254 g/mol. The van der Waals surface area contributed by atoms with Gasteiger partial charge in [-0.15, -0.1) is 11.3 Å². The summed E-state index contributed by atoms with van der Waals surface area (Å²) in [5.41, 5.74) is 1.23. The van der Waals surface area contributed by atoms with Crippen molar-refractivity contribution in [1.82, 2.24) is 10.2 Å². The van der Waals surface area contributed by atoms with Crippen molar-refractivity contribution in [2.24, 2.45) is 0 Å². The third-order valence-electron chi connectivity index (χ3n) is 3.03. The zero-order valence-corrected chi connectivity index (χ0v) is 10.8. The maximum atomic E-state index is 11.7. The first-order valence-electron chi connectivity index (χ1n) is 5.85. The summed E-state index contributed by atoms with van der Waals surface area (Å²) in [6, 6.07) is 2.06. The predicted molar refractivity (Wildman–Crippen MR) is 68.0 cm³/mol. The Bertz CT molecular complexity index is 392. The van der Waals surface area contributed by atoms with E-state index in [0.29, 0.717) is 19.6 Å². The lowest BCUT2D eigenvalue weighted by atomic mass is 10.3. The number of β-amino-alcohol motifs (C(OH)–C–C–N with tert-alkyl or cyclic N) is 1. The highest BCUT2D eigenvalue weighted by Crippen LogP contribution is 2.14. The molecule has 17 heavy (non-hydrogen) atoms. The van der Waals surface area contributed by atoms with E-state index >= 15 is 0 Å². The summed E-state index contributed by atoms with van der Waals surface area (Å²) in [6.45, 7) is 4.48. The lowest BCUT2D eigenvalue weighted by molar-refractivity contribution is -0.122. The van der Waals surface area contributed by atoms with Gasteiger partial charge >= 0.3 is 0 Å². The number of likely N-dealkylation sites (tertiary alicyclic amines) is 1. The highest BCUT2D eigenvalue weighted by molar-refractivity contribution is 7.10. The average molecular weight is 254 g/mol. The molecule has 1 atom stereocenters. The second kappa shape index (κ2) is 5.62. The Morgan fingerprint density at radius 2 is 2.53 bits per heavy atom. The van der Waals surface area contributed by atoms with E-state index in [1.54, 1.807) is 11.3 Å². The van der Waals surface area contributed by atoms with Gasteiger partial charge in [-0.25, -0.2) is 0 Å². The van der Waals surface area contributed by atoms with Crippen LogP contribution in [0.2, 0.25) is 0 Å². The first-order valence-corrected chi connectivity index (χ1v) is 6.73. The molecule has 1 aliphatic rings. The van der Waals surface area contributed by atoms with Crippen molar-refractivity contribution in [3.63, 3.8) is 0 Å². The molecular formula is C12H18N2O2S. The quantitative estimate of drug-likeness (QED) is 0.833. The minimum atomic E-state index is -0.262. The highest BCUT2D eigenvalue weighted by Gasteiger charge is 2.21. The van der Waals surface area contributed by atoms with Gasteiger partial charge in [0, 0.05) is 18.0 Å².